The van der Waals surface area contributed by atoms with Crippen LogP contribution >= 0.6 is 0 Å². The quantitative estimate of drug-likeness (QED) is 0.409. The zero-order valence-electron chi connectivity index (χ0n) is 12.1. The average molecular weight is 353 g/mol. The first-order chi connectivity index (χ1) is 11.7. The second kappa shape index (κ2) is 5.92. The number of halogens is 4. The molecule has 0 N–H and O–H groups in total. The summed E-state index contributed by atoms with van der Waals surface area (Å²) < 4.78 is 53.2. The number of hydrogen-bond donors (Lipinski definition) is 0. The van der Waals surface area contributed by atoms with Crippen molar-refractivity contribution in [3.05, 3.63) is 64.5 Å². The minimum atomic E-state index is -4.76. The molecule has 7 nitrogen and oxygen atoms in total. The van der Waals surface area contributed by atoms with E-state index < -0.39 is 34.4 Å². The second-order valence-electron chi connectivity index (χ2n) is 4.84. The Morgan fingerprint density at radius 2 is 1.80 bits per heavy atom. The Morgan fingerprint density at radius 3 is 2.36 bits per heavy atom. The minimum Gasteiger partial charge on any atom is -0.358 e. The predicted octanol–water partition coefficient (Wildman–Crippen LogP) is 3.40. The van der Waals surface area contributed by atoms with Crippen molar-refractivity contribution >= 4 is 5.82 Å². The van der Waals surface area contributed by atoms with Crippen molar-refractivity contribution in [2.45, 2.75) is 6.18 Å². The van der Waals surface area contributed by atoms with E-state index in [1.165, 1.54) is 12.1 Å². The summed E-state index contributed by atoms with van der Waals surface area (Å²) in [5, 5.41) is 10.7. The van der Waals surface area contributed by atoms with Crippen LogP contribution < -0.4 is 0 Å². The van der Waals surface area contributed by atoms with E-state index in [0.29, 0.717) is 6.07 Å². The molecule has 0 bridgehead atoms. The fraction of sp³-hybridized carbons (Fsp3) is 0.0714. The van der Waals surface area contributed by atoms with Gasteiger partial charge in [-0.1, -0.05) is 0 Å². The highest BCUT2D eigenvalue weighted by atomic mass is 19.4. The Balaban J connectivity index is 2.15. The van der Waals surface area contributed by atoms with E-state index in [1.54, 1.807) is 0 Å². The highest BCUT2D eigenvalue weighted by Gasteiger charge is 2.34. The van der Waals surface area contributed by atoms with E-state index >= 15 is 0 Å². The molecule has 0 aliphatic carbocycles. The van der Waals surface area contributed by atoms with Gasteiger partial charge in [0.1, 0.15) is 12.0 Å². The monoisotopic (exact) mass is 353 g/mol. The molecule has 3 aromatic rings. The number of rotatable bonds is 3. The van der Waals surface area contributed by atoms with Crippen molar-refractivity contribution in [3.63, 3.8) is 0 Å². The summed E-state index contributed by atoms with van der Waals surface area (Å²) in [7, 11) is 0. The zero-order valence-corrected chi connectivity index (χ0v) is 12.1. The Kier molecular flexibility index (Phi) is 3.91. The summed E-state index contributed by atoms with van der Waals surface area (Å²) in [5.74, 6) is -1.57. The van der Waals surface area contributed by atoms with E-state index in [2.05, 4.69) is 15.0 Å². The van der Waals surface area contributed by atoms with Crippen LogP contribution in [0.1, 0.15) is 5.69 Å². The largest absolute Gasteiger partial charge is 0.433 e. The maximum Gasteiger partial charge on any atom is 0.433 e. The third kappa shape index (κ3) is 3.44. The van der Waals surface area contributed by atoms with Crippen LogP contribution in [-0.4, -0.2) is 24.4 Å². The van der Waals surface area contributed by atoms with Crippen LogP contribution in [0.4, 0.5) is 23.4 Å². The van der Waals surface area contributed by atoms with Gasteiger partial charge in [-0.2, -0.15) is 13.2 Å². The normalized spacial score (nSPS) is 11.5. The van der Waals surface area contributed by atoms with Gasteiger partial charge in [0.25, 0.3) is 0 Å². The molecule has 128 valence electrons. The molecule has 0 spiro atoms. The predicted molar refractivity (Wildman–Crippen MR) is 76.2 cm³/mol. The Bertz CT molecular complexity index is 937. The van der Waals surface area contributed by atoms with Crippen molar-refractivity contribution in [2.75, 3.05) is 0 Å². The molecule has 0 saturated carbocycles. The van der Waals surface area contributed by atoms with Gasteiger partial charge in [0.05, 0.1) is 5.69 Å². The molecule has 0 unspecified atom stereocenters. The summed E-state index contributed by atoms with van der Waals surface area (Å²) in [4.78, 5) is 20.7. The molecule has 11 heteroatoms. The van der Waals surface area contributed by atoms with Crippen molar-refractivity contribution in [1.82, 2.24) is 19.5 Å². The number of nitrogens with zero attached hydrogens (tertiary/aromatic N) is 5. The molecule has 0 aliphatic heterocycles. The summed E-state index contributed by atoms with van der Waals surface area (Å²) in [6, 6.07) is 5.39. The number of alkyl halides is 3. The molecule has 0 aliphatic rings. The van der Waals surface area contributed by atoms with Crippen molar-refractivity contribution in [3.8, 4) is 17.2 Å². The molecule has 0 atom stereocenters. The van der Waals surface area contributed by atoms with Gasteiger partial charge in [0.15, 0.2) is 5.69 Å². The van der Waals surface area contributed by atoms with E-state index in [0.717, 1.165) is 29.2 Å². The van der Waals surface area contributed by atoms with Gasteiger partial charge < -0.3 is 10.1 Å². The summed E-state index contributed by atoms with van der Waals surface area (Å²) in [6.07, 6.45) is -2.94. The Labute approximate surface area is 136 Å². The lowest BCUT2D eigenvalue weighted by Gasteiger charge is -2.10. The van der Waals surface area contributed by atoms with Crippen LogP contribution in [0.25, 0.3) is 17.2 Å². The number of hydrogen-bond acceptors (Lipinski definition) is 5. The Hall–Kier alpha value is -3.37. The van der Waals surface area contributed by atoms with Crippen LogP contribution in [0, 0.1) is 15.9 Å². The zero-order chi connectivity index (χ0) is 18.2. The van der Waals surface area contributed by atoms with Crippen molar-refractivity contribution in [1.29, 1.82) is 0 Å². The topological polar surface area (TPSA) is 86.7 Å². The smallest absolute Gasteiger partial charge is 0.358 e. The molecule has 0 radical (unpaired) electrons. The lowest BCUT2D eigenvalue weighted by Crippen LogP contribution is -2.12. The van der Waals surface area contributed by atoms with Crippen LogP contribution in [0.3, 0.4) is 0 Å². The molecule has 25 heavy (non-hydrogen) atoms. The highest BCUT2D eigenvalue weighted by molar-refractivity contribution is 5.60. The summed E-state index contributed by atoms with van der Waals surface area (Å²) in [6.45, 7) is 0. The number of imidazole rings is 1. The first-order valence-electron chi connectivity index (χ1n) is 6.65. The van der Waals surface area contributed by atoms with Gasteiger partial charge in [-0.25, -0.2) is 18.9 Å². The van der Waals surface area contributed by atoms with Gasteiger partial charge in [0.2, 0.25) is 12.3 Å². The van der Waals surface area contributed by atoms with Gasteiger partial charge in [-0.3, -0.25) is 0 Å². The van der Waals surface area contributed by atoms with Crippen LogP contribution in [0.15, 0.2) is 42.9 Å². The van der Waals surface area contributed by atoms with Crippen molar-refractivity contribution in [2.24, 2.45) is 0 Å². The van der Waals surface area contributed by atoms with E-state index in [4.69, 9.17) is 0 Å². The van der Waals surface area contributed by atoms with Gasteiger partial charge in [-0.15, -0.1) is 0 Å². The maximum absolute atomic E-state index is 13.1. The average Bonchev–Trinajstić information content (AvgIpc) is 3.04. The molecule has 0 fully saturated rings. The van der Waals surface area contributed by atoms with Gasteiger partial charge in [-0.05, 0) is 40.2 Å². The molecule has 1 aromatic carbocycles. The van der Waals surface area contributed by atoms with E-state index in [9.17, 15) is 27.7 Å². The number of aromatic nitrogens is 4. The summed E-state index contributed by atoms with van der Waals surface area (Å²) >= 11 is 0. The molecule has 2 heterocycles. The first kappa shape index (κ1) is 16.5. The van der Waals surface area contributed by atoms with Gasteiger partial charge >= 0.3 is 12.0 Å². The fourth-order valence-corrected chi connectivity index (χ4v) is 1.98. The molecular formula is C14H7F4N5O2. The van der Waals surface area contributed by atoms with Crippen molar-refractivity contribution < 1.29 is 22.5 Å². The summed E-state index contributed by atoms with van der Waals surface area (Å²) in [5.41, 5.74) is -1.13. The Morgan fingerprint density at radius 1 is 1.12 bits per heavy atom. The molecule has 2 aromatic heterocycles. The lowest BCUT2D eigenvalue weighted by atomic mass is 10.1. The minimum absolute atomic E-state index is 0.117. The SMILES string of the molecule is O=[N+]([O-])c1cn(-c2nc(-c3ccc(F)cc3)cc(C(F)(F)F)n2)cn1. The van der Waals surface area contributed by atoms with Gasteiger partial charge in [0, 0.05) is 5.56 Å². The highest BCUT2D eigenvalue weighted by Crippen LogP contribution is 2.31. The lowest BCUT2D eigenvalue weighted by molar-refractivity contribution is -0.389. The third-order valence-electron chi connectivity index (χ3n) is 3.13. The molecular weight excluding hydrogens is 346 g/mol. The third-order valence-corrected chi connectivity index (χ3v) is 3.13. The molecule has 0 saturated heterocycles. The molecule has 0 amide bonds. The molecule has 3 rings (SSSR count). The van der Waals surface area contributed by atoms with E-state index in [-0.39, 0.29) is 11.3 Å². The standard InChI is InChI=1S/C14H7F4N5O2/c15-9-3-1-8(2-4-9)10-5-11(14(16,17)18)21-13(20-10)22-6-12(19-7-22)23(24)25/h1-7H. The maximum atomic E-state index is 13.1. The second-order valence-corrected chi connectivity index (χ2v) is 4.84. The fourth-order valence-electron chi connectivity index (χ4n) is 1.98. The first-order valence-corrected chi connectivity index (χ1v) is 6.65. The van der Waals surface area contributed by atoms with Crippen LogP contribution in [-0.2, 0) is 6.18 Å². The number of nitro groups is 1. The number of benzene rings is 1. The van der Waals surface area contributed by atoms with Crippen LogP contribution in [0.2, 0.25) is 0 Å². The van der Waals surface area contributed by atoms with E-state index in [1.807, 2.05) is 0 Å². The van der Waals surface area contributed by atoms with Crippen LogP contribution in [0.5, 0.6) is 0 Å².